The highest BCUT2D eigenvalue weighted by Gasteiger charge is 2.33. The van der Waals surface area contributed by atoms with Crippen LogP contribution in [0.25, 0.3) is 0 Å². The van der Waals surface area contributed by atoms with Crippen molar-refractivity contribution in [3.8, 4) is 0 Å². The molecule has 2 nitrogen and oxygen atoms in total. The zero-order valence-electron chi connectivity index (χ0n) is 11.7. The second-order valence-corrected chi connectivity index (χ2v) is 6.26. The lowest BCUT2D eigenvalue weighted by Crippen LogP contribution is -2.37. The molecular formula is C16H22F2N2. The molecule has 1 atom stereocenters. The second kappa shape index (κ2) is 5.78. The normalized spacial score (nSPS) is 20.4. The number of hydrogen-bond donors (Lipinski definition) is 1. The molecular weight excluding hydrogens is 258 g/mol. The maximum atomic E-state index is 14.0. The Morgan fingerprint density at radius 3 is 2.20 bits per heavy atom. The molecule has 20 heavy (non-hydrogen) atoms. The van der Waals surface area contributed by atoms with Crippen LogP contribution >= 0.6 is 0 Å². The van der Waals surface area contributed by atoms with E-state index in [1.807, 2.05) is 0 Å². The minimum atomic E-state index is -0.391. The van der Waals surface area contributed by atoms with Crippen LogP contribution in [0.5, 0.6) is 0 Å². The molecule has 2 aliphatic carbocycles. The van der Waals surface area contributed by atoms with Crippen LogP contribution in [0.15, 0.2) is 18.2 Å². The first kappa shape index (κ1) is 14.0. The molecule has 0 amide bonds. The molecule has 4 heteroatoms. The van der Waals surface area contributed by atoms with Crippen molar-refractivity contribution in [1.82, 2.24) is 4.90 Å². The Hall–Kier alpha value is -1.00. The summed E-state index contributed by atoms with van der Waals surface area (Å²) in [6.45, 7) is 2.27. The Labute approximate surface area is 118 Å². The van der Waals surface area contributed by atoms with Crippen LogP contribution in [0.4, 0.5) is 8.78 Å². The number of benzene rings is 1. The van der Waals surface area contributed by atoms with Gasteiger partial charge in [-0.25, -0.2) is 8.78 Å². The number of hydrogen-bond acceptors (Lipinski definition) is 2. The van der Waals surface area contributed by atoms with Gasteiger partial charge in [-0.3, -0.25) is 4.90 Å². The van der Waals surface area contributed by atoms with Crippen molar-refractivity contribution < 1.29 is 8.78 Å². The number of rotatable bonds is 7. The van der Waals surface area contributed by atoms with Gasteiger partial charge < -0.3 is 5.73 Å². The van der Waals surface area contributed by atoms with E-state index >= 15 is 0 Å². The molecule has 0 spiro atoms. The van der Waals surface area contributed by atoms with Gasteiger partial charge in [-0.2, -0.15) is 0 Å². The van der Waals surface area contributed by atoms with Crippen LogP contribution in [0.3, 0.4) is 0 Å². The van der Waals surface area contributed by atoms with Crippen LogP contribution in [0.1, 0.15) is 37.3 Å². The summed E-state index contributed by atoms with van der Waals surface area (Å²) < 4.78 is 27.5. The zero-order valence-corrected chi connectivity index (χ0v) is 11.7. The monoisotopic (exact) mass is 280 g/mol. The van der Waals surface area contributed by atoms with Crippen molar-refractivity contribution in [1.29, 1.82) is 0 Å². The van der Waals surface area contributed by atoms with E-state index in [1.54, 1.807) is 0 Å². The lowest BCUT2D eigenvalue weighted by molar-refractivity contribution is 0.181. The lowest BCUT2D eigenvalue weighted by atomic mass is 10.0. The fraction of sp³-hybridized carbons (Fsp3) is 0.625. The van der Waals surface area contributed by atoms with E-state index < -0.39 is 5.82 Å². The molecule has 0 aromatic heterocycles. The predicted octanol–water partition coefficient (Wildman–Crippen LogP) is 3.09. The smallest absolute Gasteiger partial charge is 0.128 e. The standard InChI is InChI=1S/C16H22F2N2/c17-13-5-6-15(18)14(7-13)16(8-19)20(9-11-1-2-11)10-12-3-4-12/h5-7,11-12,16H,1-4,8-10,19H2. The maximum Gasteiger partial charge on any atom is 0.128 e. The van der Waals surface area contributed by atoms with Crippen molar-refractivity contribution in [2.24, 2.45) is 17.6 Å². The van der Waals surface area contributed by atoms with Crippen molar-refractivity contribution in [3.63, 3.8) is 0 Å². The molecule has 0 bridgehead atoms. The van der Waals surface area contributed by atoms with Crippen molar-refractivity contribution in [2.75, 3.05) is 19.6 Å². The Morgan fingerprint density at radius 1 is 1.10 bits per heavy atom. The Morgan fingerprint density at radius 2 is 1.70 bits per heavy atom. The molecule has 0 aliphatic heterocycles. The molecule has 1 aromatic rings. The van der Waals surface area contributed by atoms with E-state index in [0.717, 1.165) is 24.9 Å². The third-order valence-electron chi connectivity index (χ3n) is 4.36. The van der Waals surface area contributed by atoms with Crippen LogP contribution in [-0.4, -0.2) is 24.5 Å². The van der Waals surface area contributed by atoms with E-state index in [-0.39, 0.29) is 11.9 Å². The van der Waals surface area contributed by atoms with Crippen LogP contribution in [0, 0.1) is 23.5 Å². The highest BCUT2D eigenvalue weighted by atomic mass is 19.1. The summed E-state index contributed by atoms with van der Waals surface area (Å²) in [5, 5.41) is 0. The summed E-state index contributed by atoms with van der Waals surface area (Å²) in [4.78, 5) is 2.28. The number of nitrogens with zero attached hydrogens (tertiary/aromatic N) is 1. The minimum absolute atomic E-state index is 0.202. The van der Waals surface area contributed by atoms with Crippen molar-refractivity contribution in [2.45, 2.75) is 31.7 Å². The zero-order chi connectivity index (χ0) is 14.1. The van der Waals surface area contributed by atoms with Crippen LogP contribution < -0.4 is 5.73 Å². The third kappa shape index (κ3) is 3.36. The molecule has 1 aromatic carbocycles. The Bertz CT molecular complexity index is 456. The van der Waals surface area contributed by atoms with Gasteiger partial charge in [-0.15, -0.1) is 0 Å². The molecule has 2 fully saturated rings. The molecule has 110 valence electrons. The van der Waals surface area contributed by atoms with Gasteiger partial charge in [0.1, 0.15) is 11.6 Å². The highest BCUT2D eigenvalue weighted by molar-refractivity contribution is 5.23. The summed E-state index contributed by atoms with van der Waals surface area (Å²) in [6.07, 6.45) is 5.02. The largest absolute Gasteiger partial charge is 0.329 e. The van der Waals surface area contributed by atoms with Gasteiger partial charge in [0.25, 0.3) is 0 Å². The fourth-order valence-corrected chi connectivity index (χ4v) is 2.84. The second-order valence-electron chi connectivity index (χ2n) is 6.26. The molecule has 2 saturated carbocycles. The maximum absolute atomic E-state index is 14.0. The van der Waals surface area contributed by atoms with Gasteiger partial charge in [-0.1, -0.05) is 0 Å². The summed E-state index contributed by atoms with van der Waals surface area (Å²) in [5.74, 6) is 0.704. The fourth-order valence-electron chi connectivity index (χ4n) is 2.84. The first-order chi connectivity index (χ1) is 9.67. The van der Waals surface area contributed by atoms with Crippen LogP contribution in [-0.2, 0) is 0 Å². The number of nitrogens with two attached hydrogens (primary N) is 1. The lowest BCUT2D eigenvalue weighted by Gasteiger charge is -2.31. The van der Waals surface area contributed by atoms with Gasteiger partial charge in [0.15, 0.2) is 0 Å². The summed E-state index contributed by atoms with van der Waals surface area (Å²) >= 11 is 0. The number of halogens is 2. The minimum Gasteiger partial charge on any atom is -0.329 e. The van der Waals surface area contributed by atoms with Crippen molar-refractivity contribution >= 4 is 0 Å². The van der Waals surface area contributed by atoms with Gasteiger partial charge in [0, 0.05) is 25.2 Å². The first-order valence-corrected chi connectivity index (χ1v) is 7.56. The molecule has 0 heterocycles. The quantitative estimate of drug-likeness (QED) is 0.831. The highest BCUT2D eigenvalue weighted by Crippen LogP contribution is 2.37. The average molecular weight is 280 g/mol. The molecule has 2 N–H and O–H groups in total. The topological polar surface area (TPSA) is 29.3 Å². The van der Waals surface area contributed by atoms with E-state index in [1.165, 1.54) is 43.9 Å². The molecule has 0 radical (unpaired) electrons. The van der Waals surface area contributed by atoms with Crippen LogP contribution in [0.2, 0.25) is 0 Å². The molecule has 2 aliphatic rings. The molecule has 3 rings (SSSR count). The molecule has 0 saturated heterocycles. The predicted molar refractivity (Wildman–Crippen MR) is 75.2 cm³/mol. The Balaban J connectivity index is 1.81. The van der Waals surface area contributed by atoms with E-state index in [9.17, 15) is 8.78 Å². The summed E-state index contributed by atoms with van der Waals surface area (Å²) in [5.41, 5.74) is 6.30. The van der Waals surface area contributed by atoms with Crippen molar-refractivity contribution in [3.05, 3.63) is 35.4 Å². The molecule has 1 unspecified atom stereocenters. The SMILES string of the molecule is NCC(c1cc(F)ccc1F)N(CC1CC1)CC1CC1. The first-order valence-electron chi connectivity index (χ1n) is 7.56. The Kier molecular flexibility index (Phi) is 4.03. The summed E-state index contributed by atoms with van der Waals surface area (Å²) in [7, 11) is 0. The van der Waals surface area contributed by atoms with Gasteiger partial charge in [0.05, 0.1) is 6.04 Å². The van der Waals surface area contributed by atoms with Gasteiger partial charge in [0.2, 0.25) is 0 Å². The van der Waals surface area contributed by atoms with E-state index in [4.69, 9.17) is 5.73 Å². The van der Waals surface area contributed by atoms with Gasteiger partial charge in [-0.05, 0) is 55.7 Å². The third-order valence-corrected chi connectivity index (χ3v) is 4.36. The van der Waals surface area contributed by atoms with E-state index in [2.05, 4.69) is 4.90 Å². The average Bonchev–Trinajstić information content (AvgIpc) is 3.30. The van der Waals surface area contributed by atoms with Gasteiger partial charge >= 0.3 is 0 Å². The van der Waals surface area contributed by atoms with E-state index in [0.29, 0.717) is 12.1 Å². The summed E-state index contributed by atoms with van der Waals surface area (Å²) in [6, 6.07) is 3.48.